The van der Waals surface area contributed by atoms with E-state index in [1.165, 1.54) is 23.4 Å². The first-order chi connectivity index (χ1) is 11.7. The van der Waals surface area contributed by atoms with E-state index in [-0.39, 0.29) is 17.8 Å². The molecule has 1 aliphatic heterocycles. The summed E-state index contributed by atoms with van der Waals surface area (Å²) in [5.41, 5.74) is 0.832. The number of nitrogens with zero attached hydrogens (tertiary/aromatic N) is 3. The highest BCUT2D eigenvalue weighted by atomic mass is 19.1. The lowest BCUT2D eigenvalue weighted by molar-refractivity contribution is -0.0330. The minimum Gasteiger partial charge on any atom is -0.377 e. The molecular formula is C18H20FN3O2. The van der Waals surface area contributed by atoms with Crippen molar-refractivity contribution >= 4 is 5.91 Å². The third-order valence-electron chi connectivity index (χ3n) is 5.05. The van der Waals surface area contributed by atoms with Crippen molar-refractivity contribution in [2.45, 2.75) is 25.3 Å². The van der Waals surface area contributed by atoms with Crippen molar-refractivity contribution in [1.29, 1.82) is 0 Å². The zero-order chi connectivity index (χ0) is 16.5. The van der Waals surface area contributed by atoms with E-state index in [1.54, 1.807) is 24.4 Å². The number of hydrogen-bond donors (Lipinski definition) is 0. The van der Waals surface area contributed by atoms with Crippen LogP contribution in [0.3, 0.4) is 0 Å². The van der Waals surface area contributed by atoms with Crippen LogP contribution < -0.4 is 0 Å². The van der Waals surface area contributed by atoms with Gasteiger partial charge in [0.05, 0.1) is 31.0 Å². The maximum Gasteiger partial charge on any atom is 0.257 e. The molecule has 1 saturated heterocycles. The number of ether oxygens (including phenoxy) is 1. The van der Waals surface area contributed by atoms with Crippen LogP contribution in [0.25, 0.3) is 5.69 Å². The summed E-state index contributed by atoms with van der Waals surface area (Å²) < 4.78 is 20.9. The topological polar surface area (TPSA) is 47.4 Å². The number of amides is 1. The van der Waals surface area contributed by atoms with Gasteiger partial charge in [0.2, 0.25) is 0 Å². The van der Waals surface area contributed by atoms with E-state index >= 15 is 0 Å². The van der Waals surface area contributed by atoms with Crippen LogP contribution in [-0.4, -0.2) is 46.4 Å². The smallest absolute Gasteiger partial charge is 0.257 e. The average Bonchev–Trinajstić information content (AvgIpc) is 3.03. The molecule has 4 rings (SSSR count). The van der Waals surface area contributed by atoms with Crippen LogP contribution in [0.1, 0.15) is 29.6 Å². The number of benzene rings is 1. The molecule has 2 aliphatic rings. The molecule has 0 spiro atoms. The Hall–Kier alpha value is -2.21. The second-order valence-electron chi connectivity index (χ2n) is 6.46. The van der Waals surface area contributed by atoms with Crippen molar-refractivity contribution in [3.8, 4) is 5.69 Å². The second-order valence-corrected chi connectivity index (χ2v) is 6.46. The van der Waals surface area contributed by atoms with Gasteiger partial charge in [-0.3, -0.25) is 4.79 Å². The van der Waals surface area contributed by atoms with Gasteiger partial charge in [0.1, 0.15) is 11.5 Å². The summed E-state index contributed by atoms with van der Waals surface area (Å²) in [5.74, 6) is 0.131. The van der Waals surface area contributed by atoms with Crippen LogP contribution >= 0.6 is 0 Å². The van der Waals surface area contributed by atoms with Crippen molar-refractivity contribution in [2.75, 3.05) is 19.8 Å². The van der Waals surface area contributed by atoms with Crippen LogP contribution in [-0.2, 0) is 4.74 Å². The van der Waals surface area contributed by atoms with E-state index in [2.05, 4.69) is 5.10 Å². The number of carbonyl (C=O) groups is 1. The van der Waals surface area contributed by atoms with Crippen molar-refractivity contribution in [3.05, 3.63) is 48.0 Å². The molecule has 1 saturated carbocycles. The highest BCUT2D eigenvalue weighted by Gasteiger charge is 2.37. The number of morpholine rings is 1. The zero-order valence-electron chi connectivity index (χ0n) is 13.4. The van der Waals surface area contributed by atoms with Gasteiger partial charge < -0.3 is 9.64 Å². The molecule has 126 valence electrons. The molecule has 5 nitrogen and oxygen atoms in total. The summed E-state index contributed by atoms with van der Waals surface area (Å²) >= 11 is 0. The van der Waals surface area contributed by atoms with Crippen molar-refractivity contribution in [1.82, 2.24) is 14.7 Å². The Morgan fingerprint density at radius 3 is 2.88 bits per heavy atom. The Morgan fingerprint density at radius 2 is 2.12 bits per heavy atom. The molecule has 1 aromatic carbocycles. The zero-order valence-corrected chi connectivity index (χ0v) is 13.4. The van der Waals surface area contributed by atoms with Gasteiger partial charge in [-0.1, -0.05) is 18.6 Å². The van der Waals surface area contributed by atoms with Gasteiger partial charge >= 0.3 is 0 Å². The van der Waals surface area contributed by atoms with Crippen LogP contribution in [0, 0.1) is 11.7 Å². The lowest BCUT2D eigenvalue weighted by atomic mass is 9.79. The molecule has 2 fully saturated rings. The Balaban J connectivity index is 1.57. The molecule has 2 aromatic rings. The van der Waals surface area contributed by atoms with Crippen LogP contribution in [0.4, 0.5) is 4.39 Å². The summed E-state index contributed by atoms with van der Waals surface area (Å²) in [4.78, 5) is 14.8. The maximum atomic E-state index is 13.9. The molecule has 1 aromatic heterocycles. The van der Waals surface area contributed by atoms with E-state index in [4.69, 9.17) is 4.74 Å². The number of rotatable bonds is 3. The van der Waals surface area contributed by atoms with Gasteiger partial charge in [0.15, 0.2) is 0 Å². The molecule has 6 heteroatoms. The summed E-state index contributed by atoms with van der Waals surface area (Å²) in [5, 5.41) is 4.17. The molecule has 0 radical (unpaired) electrons. The number of aromatic nitrogens is 2. The third kappa shape index (κ3) is 2.71. The Labute approximate surface area is 140 Å². The van der Waals surface area contributed by atoms with Crippen LogP contribution in [0.15, 0.2) is 36.7 Å². The number of para-hydroxylation sites is 1. The Morgan fingerprint density at radius 1 is 1.29 bits per heavy atom. The molecule has 24 heavy (non-hydrogen) atoms. The third-order valence-corrected chi connectivity index (χ3v) is 5.05. The summed E-state index contributed by atoms with van der Waals surface area (Å²) in [6.45, 7) is 1.78. The monoisotopic (exact) mass is 329 g/mol. The highest BCUT2D eigenvalue weighted by Crippen LogP contribution is 2.34. The van der Waals surface area contributed by atoms with Crippen molar-refractivity contribution in [3.63, 3.8) is 0 Å². The number of carbonyl (C=O) groups excluding carboxylic acids is 1. The molecule has 0 bridgehead atoms. The fourth-order valence-corrected chi connectivity index (χ4v) is 3.46. The van der Waals surface area contributed by atoms with Crippen LogP contribution in [0.5, 0.6) is 0 Å². The number of hydrogen-bond acceptors (Lipinski definition) is 3. The van der Waals surface area contributed by atoms with E-state index in [1.807, 2.05) is 4.90 Å². The lowest BCUT2D eigenvalue weighted by Gasteiger charge is -2.43. The van der Waals surface area contributed by atoms with Gasteiger partial charge in [-0.05, 0) is 30.9 Å². The summed E-state index contributed by atoms with van der Waals surface area (Å²) in [6.07, 6.45) is 6.67. The SMILES string of the molecule is O=C(c1cnn(-c2ccccc2F)c1)N1CCOCC1C1CCC1. The molecule has 1 aliphatic carbocycles. The number of halogens is 1. The first-order valence-corrected chi connectivity index (χ1v) is 8.42. The highest BCUT2D eigenvalue weighted by molar-refractivity contribution is 5.94. The van der Waals surface area contributed by atoms with Gasteiger partial charge in [0.25, 0.3) is 5.91 Å². The summed E-state index contributed by atoms with van der Waals surface area (Å²) in [6, 6.07) is 6.55. The standard InChI is InChI=1S/C18H20FN3O2/c19-15-6-1-2-7-16(15)22-11-14(10-20-22)18(23)21-8-9-24-12-17(21)13-4-3-5-13/h1-2,6-7,10-11,13,17H,3-5,8-9,12H2. The van der Waals surface area contributed by atoms with Gasteiger partial charge in [-0.25, -0.2) is 9.07 Å². The first kappa shape index (κ1) is 15.3. The molecule has 0 N–H and O–H groups in total. The molecule has 1 unspecified atom stereocenters. The van der Waals surface area contributed by atoms with Gasteiger partial charge in [-0.15, -0.1) is 0 Å². The minimum absolute atomic E-state index is 0.0437. The van der Waals surface area contributed by atoms with Crippen molar-refractivity contribution < 1.29 is 13.9 Å². The lowest BCUT2D eigenvalue weighted by Crippen LogP contribution is -2.53. The largest absolute Gasteiger partial charge is 0.377 e. The van der Waals surface area contributed by atoms with E-state index < -0.39 is 0 Å². The van der Waals surface area contributed by atoms with Crippen LogP contribution in [0.2, 0.25) is 0 Å². The van der Waals surface area contributed by atoms with E-state index in [0.29, 0.717) is 36.9 Å². The fraction of sp³-hybridized carbons (Fsp3) is 0.444. The van der Waals surface area contributed by atoms with Crippen molar-refractivity contribution in [2.24, 2.45) is 5.92 Å². The molecular weight excluding hydrogens is 309 g/mol. The fourth-order valence-electron chi connectivity index (χ4n) is 3.46. The predicted octanol–water partition coefficient (Wildman–Crippen LogP) is 2.65. The van der Waals surface area contributed by atoms with Gasteiger partial charge in [0, 0.05) is 12.7 Å². The Bertz CT molecular complexity index is 741. The maximum absolute atomic E-state index is 13.9. The van der Waals surface area contributed by atoms with E-state index in [0.717, 1.165) is 12.8 Å². The summed E-state index contributed by atoms with van der Waals surface area (Å²) in [7, 11) is 0. The van der Waals surface area contributed by atoms with E-state index in [9.17, 15) is 9.18 Å². The first-order valence-electron chi connectivity index (χ1n) is 8.42. The molecule has 1 atom stereocenters. The average molecular weight is 329 g/mol. The minimum atomic E-state index is -0.363. The normalized spacial score (nSPS) is 21.5. The molecule has 2 heterocycles. The quantitative estimate of drug-likeness (QED) is 0.870. The molecule has 1 amide bonds. The Kier molecular flexibility index (Phi) is 4.06. The predicted molar refractivity (Wildman–Crippen MR) is 86.5 cm³/mol. The second kappa shape index (κ2) is 6.36. The van der Waals surface area contributed by atoms with Gasteiger partial charge in [-0.2, -0.15) is 5.10 Å².